The van der Waals surface area contributed by atoms with Crippen molar-refractivity contribution >= 4 is 15.9 Å². The molecule has 0 aromatic heterocycles. The summed E-state index contributed by atoms with van der Waals surface area (Å²) in [6, 6.07) is 3.96. The summed E-state index contributed by atoms with van der Waals surface area (Å²) in [5.41, 5.74) is 6.68. The Hall–Kier alpha value is -0.740. The summed E-state index contributed by atoms with van der Waals surface area (Å²) in [7, 11) is 1.65. The molecule has 16 heavy (non-hydrogen) atoms. The zero-order valence-electron chi connectivity index (χ0n) is 9.75. The lowest BCUT2D eigenvalue weighted by molar-refractivity contribution is 0.332. The van der Waals surface area contributed by atoms with Crippen LogP contribution in [0.1, 0.15) is 18.9 Å². The van der Waals surface area contributed by atoms with Crippen LogP contribution in [0.25, 0.3) is 0 Å². The number of benzene rings is 1. The molecule has 0 spiro atoms. The van der Waals surface area contributed by atoms with Gasteiger partial charge in [-0.3, -0.25) is 0 Å². The molecule has 2 N–H and O–H groups in total. The summed E-state index contributed by atoms with van der Waals surface area (Å²) >= 11 is 3.47. The lowest BCUT2D eigenvalue weighted by Crippen LogP contribution is -2.03. The van der Waals surface area contributed by atoms with Crippen LogP contribution in [0.3, 0.4) is 0 Å². The molecule has 0 aliphatic carbocycles. The highest BCUT2D eigenvalue weighted by molar-refractivity contribution is 9.10. The zero-order chi connectivity index (χ0) is 12.0. The summed E-state index contributed by atoms with van der Waals surface area (Å²) in [4.78, 5) is 0. The van der Waals surface area contributed by atoms with Gasteiger partial charge in [-0.05, 0) is 53.9 Å². The van der Waals surface area contributed by atoms with E-state index >= 15 is 0 Å². The highest BCUT2D eigenvalue weighted by Crippen LogP contribution is 2.33. The standard InChI is InChI=1S/C12H18BrNO2/c1-3-16-11-8-12(15-2)10(13)7-9(11)5-4-6-14/h7-8H,3-6,14H2,1-2H3. The van der Waals surface area contributed by atoms with Gasteiger partial charge in [0.15, 0.2) is 0 Å². The smallest absolute Gasteiger partial charge is 0.136 e. The summed E-state index contributed by atoms with van der Waals surface area (Å²) in [5.74, 6) is 1.68. The summed E-state index contributed by atoms with van der Waals surface area (Å²) in [6.45, 7) is 3.32. The second-order valence-electron chi connectivity index (χ2n) is 3.42. The van der Waals surface area contributed by atoms with Crippen molar-refractivity contribution in [1.29, 1.82) is 0 Å². The van der Waals surface area contributed by atoms with E-state index in [0.29, 0.717) is 13.2 Å². The first kappa shape index (κ1) is 13.3. The first-order chi connectivity index (χ1) is 7.72. The molecule has 4 heteroatoms. The van der Waals surface area contributed by atoms with E-state index in [-0.39, 0.29) is 0 Å². The van der Waals surface area contributed by atoms with Gasteiger partial charge >= 0.3 is 0 Å². The molecule has 0 saturated carbocycles. The molecular formula is C12H18BrNO2. The molecule has 0 atom stereocenters. The largest absolute Gasteiger partial charge is 0.495 e. The number of methoxy groups -OCH3 is 1. The van der Waals surface area contributed by atoms with E-state index in [0.717, 1.165) is 28.8 Å². The van der Waals surface area contributed by atoms with Crippen molar-refractivity contribution in [3.05, 3.63) is 22.2 Å². The van der Waals surface area contributed by atoms with Gasteiger partial charge in [0.2, 0.25) is 0 Å². The number of ether oxygens (including phenoxy) is 2. The number of hydrogen-bond donors (Lipinski definition) is 1. The molecular weight excluding hydrogens is 270 g/mol. The van der Waals surface area contributed by atoms with E-state index in [1.54, 1.807) is 7.11 Å². The molecule has 0 saturated heterocycles. The Kier molecular flexibility index (Phi) is 5.63. The summed E-state index contributed by atoms with van der Waals surface area (Å²) < 4.78 is 11.8. The predicted octanol–water partition coefficient (Wildman–Crippen LogP) is 2.75. The average Bonchev–Trinajstić information content (AvgIpc) is 2.29. The first-order valence-corrected chi connectivity index (χ1v) is 6.21. The van der Waals surface area contributed by atoms with Crippen LogP contribution in [0.15, 0.2) is 16.6 Å². The van der Waals surface area contributed by atoms with E-state index in [4.69, 9.17) is 15.2 Å². The van der Waals surface area contributed by atoms with Crippen molar-refractivity contribution in [2.45, 2.75) is 19.8 Å². The summed E-state index contributed by atoms with van der Waals surface area (Å²) in [6.07, 6.45) is 1.88. The van der Waals surface area contributed by atoms with Gasteiger partial charge < -0.3 is 15.2 Å². The van der Waals surface area contributed by atoms with Crippen LogP contribution in [0.2, 0.25) is 0 Å². The third kappa shape index (κ3) is 3.39. The quantitative estimate of drug-likeness (QED) is 0.875. The van der Waals surface area contributed by atoms with Crippen LogP contribution in [-0.4, -0.2) is 20.3 Å². The summed E-state index contributed by atoms with van der Waals surface area (Å²) in [5, 5.41) is 0. The van der Waals surface area contributed by atoms with Gasteiger partial charge in [-0.2, -0.15) is 0 Å². The molecule has 1 aromatic carbocycles. The van der Waals surface area contributed by atoms with Crippen molar-refractivity contribution < 1.29 is 9.47 Å². The van der Waals surface area contributed by atoms with E-state index < -0.39 is 0 Å². The molecule has 3 nitrogen and oxygen atoms in total. The Morgan fingerprint density at radius 3 is 2.62 bits per heavy atom. The topological polar surface area (TPSA) is 44.5 Å². The average molecular weight is 288 g/mol. The van der Waals surface area contributed by atoms with Crippen molar-refractivity contribution in [1.82, 2.24) is 0 Å². The molecule has 0 radical (unpaired) electrons. The lowest BCUT2D eigenvalue weighted by atomic mass is 10.1. The molecule has 0 bridgehead atoms. The van der Waals surface area contributed by atoms with Crippen molar-refractivity contribution in [3.8, 4) is 11.5 Å². The molecule has 0 unspecified atom stereocenters. The third-order valence-corrected chi connectivity index (χ3v) is 2.90. The van der Waals surface area contributed by atoms with Gasteiger partial charge in [-0.15, -0.1) is 0 Å². The fourth-order valence-electron chi connectivity index (χ4n) is 1.51. The fourth-order valence-corrected chi connectivity index (χ4v) is 2.06. The molecule has 0 fully saturated rings. The fraction of sp³-hybridized carbons (Fsp3) is 0.500. The highest BCUT2D eigenvalue weighted by atomic mass is 79.9. The molecule has 1 aromatic rings. The number of hydrogen-bond acceptors (Lipinski definition) is 3. The van der Waals surface area contributed by atoms with Gasteiger partial charge in [0.1, 0.15) is 11.5 Å². The maximum absolute atomic E-state index is 5.59. The maximum Gasteiger partial charge on any atom is 0.136 e. The molecule has 0 aliphatic heterocycles. The van der Waals surface area contributed by atoms with Crippen LogP contribution in [0.4, 0.5) is 0 Å². The Labute approximate surface area is 105 Å². The van der Waals surface area contributed by atoms with Gasteiger partial charge in [-0.1, -0.05) is 0 Å². The normalized spacial score (nSPS) is 10.2. The van der Waals surface area contributed by atoms with Crippen molar-refractivity contribution in [3.63, 3.8) is 0 Å². The molecule has 0 aliphatic rings. The number of halogens is 1. The van der Waals surface area contributed by atoms with Crippen molar-refractivity contribution in [2.75, 3.05) is 20.3 Å². The lowest BCUT2D eigenvalue weighted by Gasteiger charge is -2.13. The van der Waals surface area contributed by atoms with Crippen LogP contribution in [-0.2, 0) is 6.42 Å². The second-order valence-corrected chi connectivity index (χ2v) is 4.27. The van der Waals surface area contributed by atoms with E-state index in [9.17, 15) is 0 Å². The minimum Gasteiger partial charge on any atom is -0.495 e. The Bertz CT molecular complexity index is 342. The monoisotopic (exact) mass is 287 g/mol. The molecule has 0 amide bonds. The van der Waals surface area contributed by atoms with E-state index in [2.05, 4.69) is 15.9 Å². The number of nitrogens with two attached hydrogens (primary N) is 1. The van der Waals surface area contributed by atoms with Crippen LogP contribution < -0.4 is 15.2 Å². The van der Waals surface area contributed by atoms with E-state index in [1.165, 1.54) is 5.56 Å². The Morgan fingerprint density at radius 2 is 2.06 bits per heavy atom. The van der Waals surface area contributed by atoms with Crippen LogP contribution >= 0.6 is 15.9 Å². The third-order valence-electron chi connectivity index (χ3n) is 2.29. The number of aryl methyl sites for hydroxylation is 1. The van der Waals surface area contributed by atoms with Gasteiger partial charge in [0.05, 0.1) is 18.2 Å². The minimum atomic E-state index is 0.653. The number of rotatable bonds is 6. The molecule has 90 valence electrons. The van der Waals surface area contributed by atoms with E-state index in [1.807, 2.05) is 19.1 Å². The van der Waals surface area contributed by atoms with Gasteiger partial charge in [0.25, 0.3) is 0 Å². The minimum absolute atomic E-state index is 0.653. The molecule has 0 heterocycles. The maximum atomic E-state index is 5.59. The van der Waals surface area contributed by atoms with Gasteiger partial charge in [-0.25, -0.2) is 0 Å². The Morgan fingerprint density at radius 1 is 1.31 bits per heavy atom. The molecule has 1 rings (SSSR count). The Balaban J connectivity index is 2.98. The first-order valence-electron chi connectivity index (χ1n) is 5.42. The SMILES string of the molecule is CCOc1cc(OC)c(Br)cc1CCCN. The zero-order valence-corrected chi connectivity index (χ0v) is 11.3. The highest BCUT2D eigenvalue weighted by Gasteiger charge is 2.09. The van der Waals surface area contributed by atoms with Gasteiger partial charge in [0, 0.05) is 6.07 Å². The van der Waals surface area contributed by atoms with Crippen LogP contribution in [0.5, 0.6) is 11.5 Å². The van der Waals surface area contributed by atoms with Crippen LogP contribution in [0, 0.1) is 0 Å². The second kappa shape index (κ2) is 6.76. The van der Waals surface area contributed by atoms with Crippen molar-refractivity contribution in [2.24, 2.45) is 5.73 Å². The predicted molar refractivity (Wildman–Crippen MR) is 69.2 cm³/mol.